The van der Waals surface area contributed by atoms with Gasteiger partial charge in [0, 0.05) is 36.1 Å². The zero-order valence-electron chi connectivity index (χ0n) is 12.4. The summed E-state index contributed by atoms with van der Waals surface area (Å²) < 4.78 is 1.93. The fraction of sp³-hybridized carbons (Fsp3) is 0.375. The summed E-state index contributed by atoms with van der Waals surface area (Å²) in [5, 5.41) is 10.7. The zero-order valence-corrected chi connectivity index (χ0v) is 12.4. The van der Waals surface area contributed by atoms with Crippen LogP contribution in [-0.4, -0.2) is 15.7 Å². The number of anilines is 2. The van der Waals surface area contributed by atoms with Crippen molar-refractivity contribution in [2.24, 2.45) is 0 Å². The molecule has 1 amide bonds. The smallest absolute Gasteiger partial charge is 0.224 e. The van der Waals surface area contributed by atoms with Crippen molar-refractivity contribution in [3.8, 4) is 0 Å². The van der Waals surface area contributed by atoms with E-state index in [-0.39, 0.29) is 11.9 Å². The number of carbonyl (C=O) groups is 1. The Kier molecular flexibility index (Phi) is 3.64. The molecule has 0 bridgehead atoms. The van der Waals surface area contributed by atoms with Crippen LogP contribution in [0.25, 0.3) is 0 Å². The van der Waals surface area contributed by atoms with Gasteiger partial charge in [-0.15, -0.1) is 0 Å². The Balaban J connectivity index is 1.74. The van der Waals surface area contributed by atoms with E-state index < -0.39 is 0 Å². The summed E-state index contributed by atoms with van der Waals surface area (Å²) >= 11 is 0. The molecule has 1 atom stereocenters. The topological polar surface area (TPSA) is 59.0 Å². The number of fused-ring (bicyclic) bond motifs is 1. The lowest BCUT2D eigenvalue weighted by Crippen LogP contribution is -2.19. The van der Waals surface area contributed by atoms with Crippen LogP contribution < -0.4 is 10.6 Å². The molecule has 110 valence electrons. The summed E-state index contributed by atoms with van der Waals surface area (Å²) in [6, 6.07) is 6.29. The fourth-order valence-corrected chi connectivity index (χ4v) is 2.58. The Morgan fingerprint density at radius 1 is 1.43 bits per heavy atom. The maximum Gasteiger partial charge on any atom is 0.224 e. The molecule has 3 rings (SSSR count). The monoisotopic (exact) mass is 284 g/mol. The number of benzene rings is 1. The summed E-state index contributed by atoms with van der Waals surface area (Å²) in [4.78, 5) is 11.4. The molecule has 0 spiro atoms. The second-order valence-corrected chi connectivity index (χ2v) is 5.42. The van der Waals surface area contributed by atoms with E-state index in [1.165, 1.54) is 11.1 Å². The van der Waals surface area contributed by atoms with Gasteiger partial charge in [0.15, 0.2) is 0 Å². The van der Waals surface area contributed by atoms with Gasteiger partial charge in [-0.2, -0.15) is 5.10 Å². The minimum Gasteiger partial charge on any atom is -0.378 e. The average molecular weight is 284 g/mol. The number of nitrogens with zero attached hydrogens (tertiary/aromatic N) is 2. The summed E-state index contributed by atoms with van der Waals surface area (Å²) in [5.74, 6) is 0.101. The summed E-state index contributed by atoms with van der Waals surface area (Å²) in [7, 11) is 0. The van der Waals surface area contributed by atoms with E-state index in [1.54, 1.807) is 0 Å². The largest absolute Gasteiger partial charge is 0.378 e. The minimum atomic E-state index is 0.101. The molecule has 1 aliphatic rings. The van der Waals surface area contributed by atoms with Crippen LogP contribution in [0.3, 0.4) is 0 Å². The Labute approximate surface area is 124 Å². The average Bonchev–Trinajstić information content (AvgIpc) is 2.96. The third kappa shape index (κ3) is 2.91. The van der Waals surface area contributed by atoms with Gasteiger partial charge >= 0.3 is 0 Å². The Bertz CT molecular complexity index is 662. The van der Waals surface area contributed by atoms with E-state index in [1.807, 2.05) is 23.0 Å². The molecule has 0 fully saturated rings. The second-order valence-electron chi connectivity index (χ2n) is 5.42. The van der Waals surface area contributed by atoms with E-state index in [2.05, 4.69) is 41.8 Å². The number of hydrogen-bond acceptors (Lipinski definition) is 3. The van der Waals surface area contributed by atoms with Crippen molar-refractivity contribution >= 4 is 17.3 Å². The van der Waals surface area contributed by atoms with Gasteiger partial charge < -0.3 is 10.6 Å². The van der Waals surface area contributed by atoms with Crippen LogP contribution >= 0.6 is 0 Å². The lowest BCUT2D eigenvalue weighted by Gasteiger charge is -2.19. The molecule has 5 heteroatoms. The molecule has 0 aliphatic carbocycles. The predicted molar refractivity (Wildman–Crippen MR) is 83.3 cm³/mol. The molecular formula is C16H20N4O. The summed E-state index contributed by atoms with van der Waals surface area (Å²) in [6.07, 6.45) is 5.34. The van der Waals surface area contributed by atoms with Crippen molar-refractivity contribution in [1.82, 2.24) is 9.78 Å². The first-order valence-corrected chi connectivity index (χ1v) is 7.37. The lowest BCUT2D eigenvalue weighted by atomic mass is 10.0. The molecule has 1 aromatic heterocycles. The molecule has 2 heterocycles. The first kappa shape index (κ1) is 13.7. The number of nitrogens with one attached hydrogen (secondary N) is 2. The number of aromatic nitrogens is 2. The zero-order chi connectivity index (χ0) is 14.8. The van der Waals surface area contributed by atoms with Gasteiger partial charge in [-0.3, -0.25) is 9.48 Å². The van der Waals surface area contributed by atoms with Crippen LogP contribution in [0.2, 0.25) is 0 Å². The second kappa shape index (κ2) is 5.60. The first-order valence-electron chi connectivity index (χ1n) is 7.37. The van der Waals surface area contributed by atoms with Gasteiger partial charge in [-0.05, 0) is 44.0 Å². The van der Waals surface area contributed by atoms with Crippen LogP contribution in [0, 0.1) is 0 Å². The van der Waals surface area contributed by atoms with E-state index >= 15 is 0 Å². The lowest BCUT2D eigenvalue weighted by molar-refractivity contribution is -0.116. The van der Waals surface area contributed by atoms with Gasteiger partial charge in [0.25, 0.3) is 0 Å². The molecule has 5 nitrogen and oxygen atoms in total. The molecule has 0 saturated heterocycles. The molecule has 1 aliphatic heterocycles. The number of amides is 1. The number of carbonyl (C=O) groups excluding carboxylic acids is 1. The van der Waals surface area contributed by atoms with Gasteiger partial charge in [0.05, 0.1) is 12.2 Å². The van der Waals surface area contributed by atoms with E-state index in [4.69, 9.17) is 0 Å². The number of hydrogen-bond donors (Lipinski definition) is 2. The van der Waals surface area contributed by atoms with Crippen molar-refractivity contribution in [3.05, 3.63) is 41.7 Å². The highest BCUT2D eigenvalue weighted by Crippen LogP contribution is 2.27. The first-order chi connectivity index (χ1) is 10.2. The molecule has 21 heavy (non-hydrogen) atoms. The maximum atomic E-state index is 11.4. The fourth-order valence-electron chi connectivity index (χ4n) is 2.58. The Morgan fingerprint density at radius 2 is 2.29 bits per heavy atom. The molecule has 2 N–H and O–H groups in total. The number of rotatable bonds is 4. The quantitative estimate of drug-likeness (QED) is 0.907. The van der Waals surface area contributed by atoms with E-state index in [0.29, 0.717) is 6.42 Å². The third-order valence-corrected chi connectivity index (χ3v) is 3.86. The molecule has 1 unspecified atom stereocenters. The standard InChI is InChI=1S/C16H20N4O/c1-3-20-10-13(9-17-20)11(2)18-14-5-6-15-12(8-14)4-7-16(21)19-15/h5-6,8-11,18H,3-4,7H2,1-2H3,(H,19,21). The van der Waals surface area contributed by atoms with Crippen LogP contribution in [-0.2, 0) is 17.8 Å². The van der Waals surface area contributed by atoms with Crippen molar-refractivity contribution in [2.45, 2.75) is 39.3 Å². The van der Waals surface area contributed by atoms with Gasteiger partial charge in [0.1, 0.15) is 0 Å². The molecule has 0 saturated carbocycles. The van der Waals surface area contributed by atoms with Crippen LogP contribution in [0.1, 0.15) is 37.4 Å². The highest BCUT2D eigenvalue weighted by molar-refractivity contribution is 5.94. The highest BCUT2D eigenvalue weighted by Gasteiger charge is 2.15. The van der Waals surface area contributed by atoms with Crippen LogP contribution in [0.4, 0.5) is 11.4 Å². The minimum absolute atomic E-state index is 0.101. The van der Waals surface area contributed by atoms with Gasteiger partial charge in [-0.1, -0.05) is 0 Å². The normalized spacial score (nSPS) is 15.2. The Morgan fingerprint density at radius 3 is 3.05 bits per heavy atom. The molecule has 0 radical (unpaired) electrons. The van der Waals surface area contributed by atoms with Crippen molar-refractivity contribution in [1.29, 1.82) is 0 Å². The van der Waals surface area contributed by atoms with Crippen molar-refractivity contribution in [3.63, 3.8) is 0 Å². The maximum absolute atomic E-state index is 11.4. The van der Waals surface area contributed by atoms with Crippen LogP contribution in [0.15, 0.2) is 30.6 Å². The van der Waals surface area contributed by atoms with Crippen molar-refractivity contribution in [2.75, 3.05) is 10.6 Å². The highest BCUT2D eigenvalue weighted by atomic mass is 16.1. The van der Waals surface area contributed by atoms with Gasteiger partial charge in [-0.25, -0.2) is 0 Å². The summed E-state index contributed by atoms with van der Waals surface area (Å²) in [6.45, 7) is 5.08. The van der Waals surface area contributed by atoms with Crippen molar-refractivity contribution < 1.29 is 4.79 Å². The number of aryl methyl sites for hydroxylation is 2. The molecular weight excluding hydrogens is 264 g/mol. The molecule has 2 aromatic rings. The van der Waals surface area contributed by atoms with Crippen LogP contribution in [0.5, 0.6) is 0 Å². The van der Waals surface area contributed by atoms with E-state index in [0.717, 1.165) is 24.3 Å². The molecule has 1 aromatic carbocycles. The third-order valence-electron chi connectivity index (χ3n) is 3.86. The Hall–Kier alpha value is -2.30. The SMILES string of the molecule is CCn1cc(C(C)Nc2ccc3c(c2)CCC(=O)N3)cn1. The van der Waals surface area contributed by atoms with Gasteiger partial charge in [0.2, 0.25) is 5.91 Å². The van der Waals surface area contributed by atoms with E-state index in [9.17, 15) is 4.79 Å². The summed E-state index contributed by atoms with van der Waals surface area (Å²) in [5.41, 5.74) is 4.36. The predicted octanol–water partition coefficient (Wildman–Crippen LogP) is 2.96.